The van der Waals surface area contributed by atoms with Crippen LogP contribution in [-0.4, -0.2) is 30.7 Å². The van der Waals surface area contributed by atoms with E-state index >= 15 is 0 Å². The molecule has 5 heteroatoms. The van der Waals surface area contributed by atoms with Crippen LogP contribution in [0.25, 0.3) is 0 Å². The number of fused-ring (bicyclic) bond motifs is 2. The minimum absolute atomic E-state index is 0.222. The Morgan fingerprint density at radius 2 is 2.13 bits per heavy atom. The van der Waals surface area contributed by atoms with Gasteiger partial charge in [-0.3, -0.25) is 4.98 Å². The molecule has 2 atom stereocenters. The monoisotopic (exact) mass is 313 g/mol. The zero-order chi connectivity index (χ0) is 15.8. The summed E-state index contributed by atoms with van der Waals surface area (Å²) in [5, 5.41) is 3.56. The van der Waals surface area contributed by atoms with Gasteiger partial charge in [0.25, 0.3) is 0 Å². The van der Waals surface area contributed by atoms with Crippen molar-refractivity contribution < 1.29 is 9.13 Å². The smallest absolute Gasteiger partial charge is 0.147 e. The van der Waals surface area contributed by atoms with Crippen LogP contribution in [0.3, 0.4) is 0 Å². The number of aromatic nitrogens is 1. The second-order valence-corrected chi connectivity index (χ2v) is 6.50. The molecule has 0 amide bonds. The number of aryl methyl sites for hydroxylation is 1. The molecule has 3 heterocycles. The van der Waals surface area contributed by atoms with Crippen molar-refractivity contribution in [1.82, 2.24) is 10.3 Å². The number of benzene rings is 1. The number of rotatable bonds is 3. The summed E-state index contributed by atoms with van der Waals surface area (Å²) < 4.78 is 19.2. The van der Waals surface area contributed by atoms with E-state index in [-0.39, 0.29) is 5.82 Å². The van der Waals surface area contributed by atoms with Crippen molar-refractivity contribution in [2.45, 2.75) is 19.4 Å². The zero-order valence-corrected chi connectivity index (χ0v) is 13.1. The van der Waals surface area contributed by atoms with Gasteiger partial charge in [0.1, 0.15) is 17.3 Å². The van der Waals surface area contributed by atoms with E-state index in [0.29, 0.717) is 23.1 Å². The Labute approximate surface area is 135 Å². The van der Waals surface area contributed by atoms with Crippen molar-refractivity contribution in [1.29, 1.82) is 0 Å². The number of ether oxygens (including phenoxy) is 1. The molecule has 2 bridgehead atoms. The highest BCUT2D eigenvalue weighted by atomic mass is 19.1. The summed E-state index contributed by atoms with van der Waals surface area (Å²) in [6, 6.07) is 7.36. The van der Waals surface area contributed by atoms with Crippen LogP contribution in [0.2, 0.25) is 0 Å². The van der Waals surface area contributed by atoms with Gasteiger partial charge in [0, 0.05) is 31.7 Å². The molecule has 1 N–H and O–H groups in total. The van der Waals surface area contributed by atoms with Crippen molar-refractivity contribution in [3.05, 3.63) is 48.0 Å². The van der Waals surface area contributed by atoms with Gasteiger partial charge in [-0.15, -0.1) is 0 Å². The number of anilines is 1. The predicted molar refractivity (Wildman–Crippen MR) is 87.6 cm³/mol. The third-order valence-corrected chi connectivity index (χ3v) is 4.66. The molecule has 2 aliphatic rings. The van der Waals surface area contributed by atoms with E-state index in [2.05, 4.69) is 15.2 Å². The van der Waals surface area contributed by atoms with E-state index in [1.54, 1.807) is 25.3 Å². The van der Waals surface area contributed by atoms with Crippen LogP contribution in [0.5, 0.6) is 11.5 Å². The highest BCUT2D eigenvalue weighted by molar-refractivity contribution is 5.50. The molecule has 23 heavy (non-hydrogen) atoms. The maximum Gasteiger partial charge on any atom is 0.147 e. The lowest BCUT2D eigenvalue weighted by Crippen LogP contribution is -2.41. The Kier molecular flexibility index (Phi) is 3.65. The molecule has 4 rings (SSSR count). The first-order valence-corrected chi connectivity index (χ1v) is 8.05. The van der Waals surface area contributed by atoms with Crippen LogP contribution >= 0.6 is 0 Å². The van der Waals surface area contributed by atoms with E-state index in [1.165, 1.54) is 12.5 Å². The molecule has 2 saturated heterocycles. The number of hydrogen-bond donors (Lipinski definition) is 1. The molecule has 0 radical (unpaired) electrons. The molecule has 4 nitrogen and oxygen atoms in total. The van der Waals surface area contributed by atoms with Crippen molar-refractivity contribution in [2.24, 2.45) is 5.92 Å². The maximum absolute atomic E-state index is 13.3. The van der Waals surface area contributed by atoms with Gasteiger partial charge in [0.2, 0.25) is 0 Å². The summed E-state index contributed by atoms with van der Waals surface area (Å²) in [5.41, 5.74) is 1.66. The number of nitrogens with one attached hydrogen (secondary N) is 1. The highest BCUT2D eigenvalue weighted by Gasteiger charge is 2.32. The Morgan fingerprint density at radius 3 is 2.96 bits per heavy atom. The fourth-order valence-corrected chi connectivity index (χ4v) is 3.50. The average molecular weight is 313 g/mol. The predicted octanol–water partition coefficient (Wildman–Crippen LogP) is 3.12. The fraction of sp³-hybridized carbons (Fsp3) is 0.389. The largest absolute Gasteiger partial charge is 0.456 e. The summed E-state index contributed by atoms with van der Waals surface area (Å²) in [4.78, 5) is 6.67. The minimum atomic E-state index is -0.222. The standard InChI is InChI=1S/C18H20FN3O/c1-12-4-16(2-3-18(12)19)23-17-6-15(8-20-9-17)22-10-13-5-14(11-22)21-7-13/h2-4,6,8-9,13-14,21H,5,7,10-11H2,1H3. The number of pyridine rings is 1. The number of nitrogens with zero attached hydrogens (tertiary/aromatic N) is 2. The van der Waals surface area contributed by atoms with Gasteiger partial charge in [-0.05, 0) is 43.0 Å². The Balaban J connectivity index is 1.53. The van der Waals surface area contributed by atoms with Crippen LogP contribution in [0.1, 0.15) is 12.0 Å². The molecule has 2 unspecified atom stereocenters. The summed E-state index contributed by atoms with van der Waals surface area (Å²) in [7, 11) is 0. The summed E-state index contributed by atoms with van der Waals surface area (Å²) in [5.74, 6) is 1.81. The topological polar surface area (TPSA) is 37.4 Å². The van der Waals surface area contributed by atoms with Gasteiger partial charge >= 0.3 is 0 Å². The van der Waals surface area contributed by atoms with Gasteiger partial charge in [0.05, 0.1) is 18.1 Å². The third kappa shape index (κ3) is 3.01. The SMILES string of the molecule is Cc1cc(Oc2cncc(N3CC4CNC(C4)C3)c2)ccc1F. The van der Waals surface area contributed by atoms with Crippen LogP contribution in [0.15, 0.2) is 36.7 Å². The molecule has 120 valence electrons. The third-order valence-electron chi connectivity index (χ3n) is 4.66. The quantitative estimate of drug-likeness (QED) is 0.945. The normalized spacial score (nSPS) is 23.1. The number of halogens is 1. The lowest BCUT2D eigenvalue weighted by molar-refractivity contribution is 0.467. The van der Waals surface area contributed by atoms with Gasteiger partial charge < -0.3 is 15.0 Å². The summed E-state index contributed by atoms with van der Waals surface area (Å²) in [6.45, 7) is 4.91. The van der Waals surface area contributed by atoms with E-state index in [1.807, 2.05) is 12.3 Å². The van der Waals surface area contributed by atoms with E-state index in [0.717, 1.165) is 31.2 Å². The average Bonchev–Trinajstić information content (AvgIpc) is 2.89. The first kappa shape index (κ1) is 14.5. The van der Waals surface area contributed by atoms with Gasteiger partial charge in [-0.2, -0.15) is 0 Å². The molecule has 1 aromatic carbocycles. The molecule has 0 aliphatic carbocycles. The minimum Gasteiger partial charge on any atom is -0.456 e. The van der Waals surface area contributed by atoms with Crippen LogP contribution < -0.4 is 15.0 Å². The second kappa shape index (κ2) is 5.81. The van der Waals surface area contributed by atoms with Crippen molar-refractivity contribution in [2.75, 3.05) is 24.5 Å². The number of hydrogen-bond acceptors (Lipinski definition) is 4. The molecule has 2 aromatic rings. The van der Waals surface area contributed by atoms with Crippen molar-refractivity contribution in [3.8, 4) is 11.5 Å². The molecule has 2 fully saturated rings. The highest BCUT2D eigenvalue weighted by Crippen LogP contribution is 2.30. The maximum atomic E-state index is 13.3. The van der Waals surface area contributed by atoms with E-state index in [9.17, 15) is 4.39 Å². The fourth-order valence-electron chi connectivity index (χ4n) is 3.50. The Morgan fingerprint density at radius 1 is 1.22 bits per heavy atom. The lowest BCUT2D eigenvalue weighted by Gasteiger charge is -2.32. The second-order valence-electron chi connectivity index (χ2n) is 6.50. The zero-order valence-electron chi connectivity index (χ0n) is 13.1. The first-order chi connectivity index (χ1) is 11.2. The summed E-state index contributed by atoms with van der Waals surface area (Å²) >= 11 is 0. The van der Waals surface area contributed by atoms with Gasteiger partial charge in [-0.1, -0.05) is 0 Å². The van der Waals surface area contributed by atoms with Crippen LogP contribution in [-0.2, 0) is 0 Å². The van der Waals surface area contributed by atoms with E-state index < -0.39 is 0 Å². The molecule has 1 aromatic heterocycles. The molecule has 0 spiro atoms. The Hall–Kier alpha value is -2.14. The molecular weight excluding hydrogens is 293 g/mol. The molecular formula is C18H20FN3O. The van der Waals surface area contributed by atoms with Gasteiger partial charge in [0.15, 0.2) is 0 Å². The lowest BCUT2D eigenvalue weighted by atomic mass is 10.00. The van der Waals surface area contributed by atoms with Crippen molar-refractivity contribution in [3.63, 3.8) is 0 Å². The molecule has 2 aliphatic heterocycles. The van der Waals surface area contributed by atoms with Gasteiger partial charge in [-0.25, -0.2) is 4.39 Å². The first-order valence-electron chi connectivity index (χ1n) is 8.05. The van der Waals surface area contributed by atoms with E-state index in [4.69, 9.17) is 4.74 Å². The molecule has 0 saturated carbocycles. The summed E-state index contributed by atoms with van der Waals surface area (Å²) in [6.07, 6.45) is 4.85. The van der Waals surface area contributed by atoms with Crippen LogP contribution in [0, 0.1) is 18.7 Å². The Bertz CT molecular complexity index is 709. The van der Waals surface area contributed by atoms with Crippen LogP contribution in [0.4, 0.5) is 10.1 Å². The van der Waals surface area contributed by atoms with Crippen molar-refractivity contribution >= 4 is 5.69 Å². The number of piperidine rings is 1.